The minimum absolute atomic E-state index is 0.124. The lowest BCUT2D eigenvalue weighted by molar-refractivity contribution is -0.170. The number of unbranched alkanes of at least 4 members (excludes halogenated alkanes) is 3. The van der Waals surface area contributed by atoms with Crippen LogP contribution in [0.5, 0.6) is 0 Å². The quantitative estimate of drug-likeness (QED) is 0.846. The van der Waals surface area contributed by atoms with Crippen LogP contribution in [-0.4, -0.2) is 17.8 Å². The molecule has 2 aliphatic heterocycles. The van der Waals surface area contributed by atoms with Gasteiger partial charge in [0.25, 0.3) is 5.91 Å². The minimum Gasteiger partial charge on any atom is -0.356 e. The van der Waals surface area contributed by atoms with Crippen molar-refractivity contribution in [3.05, 3.63) is 29.8 Å². The largest absolute Gasteiger partial charge is 0.356 e. The van der Waals surface area contributed by atoms with Crippen LogP contribution in [0.15, 0.2) is 24.3 Å². The van der Waals surface area contributed by atoms with Crippen molar-refractivity contribution in [2.24, 2.45) is 0 Å². The highest BCUT2D eigenvalue weighted by Crippen LogP contribution is 2.45. The lowest BCUT2D eigenvalue weighted by Gasteiger charge is -2.36. The molecular weight excluding hydrogens is 278 g/mol. The fourth-order valence-electron chi connectivity index (χ4n) is 3.51. The number of hydrogen-bond donors (Lipinski definition) is 1. The number of carbonyl (C=O) groups is 2. The first-order valence-electron chi connectivity index (χ1n) is 8.26. The van der Waals surface area contributed by atoms with E-state index in [9.17, 15) is 9.59 Å². The average molecular weight is 301 g/mol. The smallest absolute Gasteiger partial charge is 0.261 e. The molecule has 4 nitrogen and oxygen atoms in total. The minimum atomic E-state index is -1.10. The Labute approximate surface area is 131 Å². The third kappa shape index (κ3) is 2.68. The molecule has 2 heterocycles. The van der Waals surface area contributed by atoms with Crippen molar-refractivity contribution in [2.75, 3.05) is 5.32 Å². The lowest BCUT2D eigenvalue weighted by atomic mass is 9.84. The molecule has 0 unspecified atom stereocenters. The standard InChI is InChI=1S/C18H23NO3/c1-2-3-4-5-8-14-11-13(20)12-18(22-14)15-9-6-7-10-16(15)19-17(18)21/h6-7,9-10,14H,2-5,8,11-12H2,1H3,(H,19,21)/t14-,18-/m1/s1. The molecule has 118 valence electrons. The van der Waals surface area contributed by atoms with E-state index in [4.69, 9.17) is 4.74 Å². The second-order valence-electron chi connectivity index (χ2n) is 6.34. The van der Waals surface area contributed by atoms with E-state index in [1.54, 1.807) is 0 Å². The Morgan fingerprint density at radius 2 is 2.05 bits per heavy atom. The molecule has 1 aromatic carbocycles. The lowest BCUT2D eigenvalue weighted by Crippen LogP contribution is -2.47. The molecule has 1 N–H and O–H groups in total. The van der Waals surface area contributed by atoms with Crippen LogP contribution >= 0.6 is 0 Å². The summed E-state index contributed by atoms with van der Waals surface area (Å²) in [7, 11) is 0. The first kappa shape index (κ1) is 15.2. The van der Waals surface area contributed by atoms with Gasteiger partial charge in [-0.25, -0.2) is 0 Å². The van der Waals surface area contributed by atoms with Gasteiger partial charge in [0.1, 0.15) is 5.78 Å². The third-order valence-corrected chi connectivity index (χ3v) is 4.63. The zero-order valence-electron chi connectivity index (χ0n) is 13.1. The van der Waals surface area contributed by atoms with Crippen molar-refractivity contribution in [1.29, 1.82) is 0 Å². The van der Waals surface area contributed by atoms with Crippen LogP contribution in [0.1, 0.15) is 57.4 Å². The topological polar surface area (TPSA) is 55.4 Å². The predicted molar refractivity (Wildman–Crippen MR) is 84.6 cm³/mol. The number of Topliss-reactive ketones (excluding diaryl/α,β-unsaturated/α-hetero) is 1. The van der Waals surface area contributed by atoms with Gasteiger partial charge in [0.05, 0.1) is 6.10 Å². The molecule has 0 radical (unpaired) electrons. The molecule has 0 aliphatic carbocycles. The highest BCUT2D eigenvalue weighted by atomic mass is 16.5. The van der Waals surface area contributed by atoms with E-state index >= 15 is 0 Å². The second-order valence-corrected chi connectivity index (χ2v) is 6.34. The maximum atomic E-state index is 12.5. The molecule has 0 bridgehead atoms. The Balaban J connectivity index is 1.78. The number of anilines is 1. The number of nitrogens with one attached hydrogen (secondary N) is 1. The predicted octanol–water partition coefficient (Wildman–Crippen LogP) is 3.55. The van der Waals surface area contributed by atoms with Crippen molar-refractivity contribution >= 4 is 17.4 Å². The summed E-state index contributed by atoms with van der Waals surface area (Å²) >= 11 is 0. The summed E-state index contributed by atoms with van der Waals surface area (Å²) in [6, 6.07) is 7.52. The normalized spacial score (nSPS) is 27.0. The van der Waals surface area contributed by atoms with Crippen LogP contribution in [0.2, 0.25) is 0 Å². The van der Waals surface area contributed by atoms with Gasteiger partial charge in [-0.2, -0.15) is 0 Å². The summed E-state index contributed by atoms with van der Waals surface area (Å²) in [4.78, 5) is 24.7. The monoisotopic (exact) mass is 301 g/mol. The van der Waals surface area contributed by atoms with Crippen LogP contribution in [0.3, 0.4) is 0 Å². The molecule has 3 rings (SSSR count). The number of fused-ring (bicyclic) bond motifs is 2. The Morgan fingerprint density at radius 3 is 2.86 bits per heavy atom. The molecule has 0 saturated carbocycles. The fourth-order valence-corrected chi connectivity index (χ4v) is 3.51. The van der Waals surface area contributed by atoms with Gasteiger partial charge in [-0.3, -0.25) is 9.59 Å². The molecule has 1 spiro atoms. The van der Waals surface area contributed by atoms with E-state index in [1.165, 1.54) is 12.8 Å². The number of rotatable bonds is 5. The number of para-hydroxylation sites is 1. The van der Waals surface area contributed by atoms with E-state index in [-0.39, 0.29) is 24.2 Å². The van der Waals surface area contributed by atoms with Gasteiger partial charge in [0.15, 0.2) is 5.60 Å². The molecule has 2 aliphatic rings. The van der Waals surface area contributed by atoms with Crippen LogP contribution in [0, 0.1) is 0 Å². The number of hydrogen-bond acceptors (Lipinski definition) is 3. The van der Waals surface area contributed by atoms with Gasteiger partial charge < -0.3 is 10.1 Å². The maximum Gasteiger partial charge on any atom is 0.261 e. The van der Waals surface area contributed by atoms with Gasteiger partial charge in [-0.15, -0.1) is 0 Å². The molecule has 1 saturated heterocycles. The summed E-state index contributed by atoms with van der Waals surface area (Å²) in [6.07, 6.45) is 5.88. The number of benzene rings is 1. The van der Waals surface area contributed by atoms with Crippen molar-refractivity contribution in [2.45, 2.75) is 63.6 Å². The number of ether oxygens (including phenoxy) is 1. The molecule has 1 amide bonds. The van der Waals surface area contributed by atoms with Crippen molar-refractivity contribution < 1.29 is 14.3 Å². The molecular formula is C18H23NO3. The van der Waals surface area contributed by atoms with Crippen molar-refractivity contribution in [3.63, 3.8) is 0 Å². The summed E-state index contributed by atoms with van der Waals surface area (Å²) < 4.78 is 6.19. The zero-order valence-corrected chi connectivity index (χ0v) is 13.1. The Kier molecular flexibility index (Phi) is 4.30. The molecule has 2 atom stereocenters. The first-order chi connectivity index (χ1) is 10.7. The highest BCUT2D eigenvalue weighted by molar-refractivity contribution is 6.07. The van der Waals surface area contributed by atoms with Crippen LogP contribution < -0.4 is 5.32 Å². The highest BCUT2D eigenvalue weighted by Gasteiger charge is 2.53. The van der Waals surface area contributed by atoms with E-state index in [0.717, 1.165) is 30.5 Å². The van der Waals surface area contributed by atoms with E-state index in [2.05, 4.69) is 12.2 Å². The average Bonchev–Trinajstić information content (AvgIpc) is 2.76. The van der Waals surface area contributed by atoms with E-state index < -0.39 is 5.60 Å². The molecule has 0 aromatic heterocycles. The second kappa shape index (κ2) is 6.21. The van der Waals surface area contributed by atoms with Gasteiger partial charge in [0.2, 0.25) is 0 Å². The third-order valence-electron chi connectivity index (χ3n) is 4.63. The van der Waals surface area contributed by atoms with Crippen molar-refractivity contribution in [3.8, 4) is 0 Å². The SMILES string of the molecule is CCCCCC[C@@H]1CC(=O)C[C@]2(O1)C(=O)Nc1ccccc12. The van der Waals surface area contributed by atoms with Crippen LogP contribution in [0.4, 0.5) is 5.69 Å². The van der Waals surface area contributed by atoms with Crippen LogP contribution in [0.25, 0.3) is 0 Å². The first-order valence-corrected chi connectivity index (χ1v) is 8.26. The summed E-state index contributed by atoms with van der Waals surface area (Å²) in [5.41, 5.74) is 0.486. The van der Waals surface area contributed by atoms with E-state index in [0.29, 0.717) is 6.42 Å². The number of ketones is 1. The van der Waals surface area contributed by atoms with Gasteiger partial charge in [-0.1, -0.05) is 50.8 Å². The zero-order chi connectivity index (χ0) is 15.6. The Hall–Kier alpha value is -1.68. The molecule has 4 heteroatoms. The van der Waals surface area contributed by atoms with Gasteiger partial charge >= 0.3 is 0 Å². The maximum absolute atomic E-state index is 12.5. The van der Waals surface area contributed by atoms with Crippen LogP contribution in [-0.2, 0) is 19.9 Å². The van der Waals surface area contributed by atoms with Crippen molar-refractivity contribution in [1.82, 2.24) is 0 Å². The number of amides is 1. The Bertz CT molecular complexity index is 583. The molecule has 1 aromatic rings. The fraction of sp³-hybridized carbons (Fsp3) is 0.556. The number of carbonyl (C=O) groups excluding carboxylic acids is 2. The summed E-state index contributed by atoms with van der Waals surface area (Å²) in [6.45, 7) is 2.18. The van der Waals surface area contributed by atoms with Gasteiger partial charge in [-0.05, 0) is 12.5 Å². The summed E-state index contributed by atoms with van der Waals surface area (Å²) in [5.74, 6) is -0.0705. The van der Waals surface area contributed by atoms with E-state index in [1.807, 2.05) is 24.3 Å². The van der Waals surface area contributed by atoms with Gasteiger partial charge in [0, 0.05) is 24.1 Å². The molecule has 1 fully saturated rings. The Morgan fingerprint density at radius 1 is 1.23 bits per heavy atom. The molecule has 22 heavy (non-hydrogen) atoms. The summed E-state index contributed by atoms with van der Waals surface area (Å²) in [5, 5.41) is 2.86.